The van der Waals surface area contributed by atoms with E-state index in [9.17, 15) is 0 Å². The maximum atomic E-state index is 4.81. The van der Waals surface area contributed by atoms with Crippen LogP contribution in [0.3, 0.4) is 0 Å². The average molecular weight is 405 g/mol. The number of hydrogen-bond acceptors (Lipinski definition) is 3. The molecule has 2 heterocycles. The van der Waals surface area contributed by atoms with Gasteiger partial charge in [0.15, 0.2) is 5.96 Å². The Morgan fingerprint density at radius 2 is 1.90 bits per heavy atom. The standard InChI is InChI=1S/C23H44N6/c1-8-24-23(26-19(4)14-22-20(5)27-28(7)21(22)6)25-11-9-10-12-29-15-17(2)13-18(3)16-29/h17-19H,8-16H2,1-7H3,(H2,24,25,26). The highest BCUT2D eigenvalue weighted by Gasteiger charge is 2.21. The van der Waals surface area contributed by atoms with Crippen LogP contribution in [0.25, 0.3) is 0 Å². The highest BCUT2D eigenvalue weighted by molar-refractivity contribution is 5.80. The number of piperidine rings is 1. The van der Waals surface area contributed by atoms with Crippen LogP contribution in [-0.2, 0) is 13.5 Å². The second-order valence-corrected chi connectivity index (χ2v) is 9.20. The van der Waals surface area contributed by atoms with Crippen LogP contribution in [0, 0.1) is 25.7 Å². The summed E-state index contributed by atoms with van der Waals surface area (Å²) in [5.41, 5.74) is 3.72. The van der Waals surface area contributed by atoms with Crippen molar-refractivity contribution in [2.45, 2.75) is 73.3 Å². The molecular formula is C23H44N6. The summed E-state index contributed by atoms with van der Waals surface area (Å²) in [7, 11) is 2.01. The molecule has 1 aromatic heterocycles. The molecule has 29 heavy (non-hydrogen) atoms. The van der Waals surface area contributed by atoms with Crippen LogP contribution >= 0.6 is 0 Å². The summed E-state index contributed by atoms with van der Waals surface area (Å²) in [5.74, 6) is 2.62. The molecule has 0 aromatic carbocycles. The molecule has 0 aliphatic carbocycles. The van der Waals surface area contributed by atoms with Gasteiger partial charge in [-0.2, -0.15) is 5.10 Å². The molecular weight excluding hydrogens is 360 g/mol. The lowest BCUT2D eigenvalue weighted by atomic mass is 9.92. The number of aryl methyl sites for hydroxylation is 2. The molecule has 166 valence electrons. The molecule has 2 N–H and O–H groups in total. The van der Waals surface area contributed by atoms with E-state index in [4.69, 9.17) is 4.99 Å². The molecule has 0 amide bonds. The third-order valence-electron chi connectivity index (χ3n) is 5.99. The van der Waals surface area contributed by atoms with E-state index < -0.39 is 0 Å². The first kappa shape index (κ1) is 23.7. The third kappa shape index (κ3) is 7.65. The topological polar surface area (TPSA) is 57.5 Å². The molecule has 1 aliphatic heterocycles. The second kappa shape index (κ2) is 11.6. The Morgan fingerprint density at radius 3 is 2.48 bits per heavy atom. The summed E-state index contributed by atoms with van der Waals surface area (Å²) >= 11 is 0. The molecule has 2 rings (SSSR count). The van der Waals surface area contributed by atoms with Crippen molar-refractivity contribution in [3.63, 3.8) is 0 Å². The highest BCUT2D eigenvalue weighted by Crippen LogP contribution is 2.21. The van der Waals surface area contributed by atoms with Crippen molar-refractivity contribution in [1.82, 2.24) is 25.3 Å². The van der Waals surface area contributed by atoms with E-state index in [0.717, 1.165) is 49.4 Å². The maximum Gasteiger partial charge on any atom is 0.191 e. The Bertz CT molecular complexity index is 640. The zero-order valence-electron chi connectivity index (χ0n) is 19.9. The van der Waals surface area contributed by atoms with Crippen LogP contribution in [0.15, 0.2) is 4.99 Å². The fourth-order valence-electron chi connectivity index (χ4n) is 4.64. The zero-order chi connectivity index (χ0) is 21.4. The lowest BCUT2D eigenvalue weighted by Crippen LogP contribution is -2.43. The number of aliphatic imine (C=N–C) groups is 1. The molecule has 6 heteroatoms. The minimum atomic E-state index is 0.311. The van der Waals surface area contributed by atoms with Crippen LogP contribution in [-0.4, -0.2) is 59.4 Å². The van der Waals surface area contributed by atoms with Gasteiger partial charge in [-0.1, -0.05) is 13.8 Å². The van der Waals surface area contributed by atoms with Crippen LogP contribution in [0.1, 0.15) is 63.9 Å². The van der Waals surface area contributed by atoms with E-state index in [1.165, 1.54) is 43.7 Å². The van der Waals surface area contributed by atoms with Gasteiger partial charge >= 0.3 is 0 Å². The van der Waals surface area contributed by atoms with E-state index in [0.29, 0.717) is 6.04 Å². The van der Waals surface area contributed by atoms with Crippen LogP contribution in [0.5, 0.6) is 0 Å². The van der Waals surface area contributed by atoms with E-state index in [2.05, 4.69) is 62.2 Å². The number of nitrogens with one attached hydrogen (secondary N) is 2. The average Bonchev–Trinajstić information content (AvgIpc) is 2.87. The fourth-order valence-corrected chi connectivity index (χ4v) is 4.64. The summed E-state index contributed by atoms with van der Waals surface area (Å²) in [6.07, 6.45) is 4.72. The summed E-state index contributed by atoms with van der Waals surface area (Å²) < 4.78 is 1.97. The molecule has 3 unspecified atom stereocenters. The SMILES string of the molecule is CCNC(=NCCCCN1CC(C)CC(C)C1)NC(C)Cc1c(C)nn(C)c1C. The van der Waals surface area contributed by atoms with Gasteiger partial charge in [0.25, 0.3) is 0 Å². The van der Waals surface area contributed by atoms with Crippen molar-refractivity contribution in [3.05, 3.63) is 17.0 Å². The molecule has 0 radical (unpaired) electrons. The van der Waals surface area contributed by atoms with Gasteiger partial charge in [0.2, 0.25) is 0 Å². The Hall–Kier alpha value is -1.56. The summed E-state index contributed by atoms with van der Waals surface area (Å²) in [4.78, 5) is 7.46. The van der Waals surface area contributed by atoms with Crippen molar-refractivity contribution >= 4 is 5.96 Å². The minimum Gasteiger partial charge on any atom is -0.357 e. The largest absolute Gasteiger partial charge is 0.357 e. The van der Waals surface area contributed by atoms with Crippen molar-refractivity contribution in [1.29, 1.82) is 0 Å². The smallest absolute Gasteiger partial charge is 0.191 e. The first-order chi connectivity index (χ1) is 13.8. The quantitative estimate of drug-likeness (QED) is 0.377. The van der Waals surface area contributed by atoms with Gasteiger partial charge in [-0.05, 0) is 77.3 Å². The minimum absolute atomic E-state index is 0.311. The van der Waals surface area contributed by atoms with Crippen molar-refractivity contribution in [3.8, 4) is 0 Å². The van der Waals surface area contributed by atoms with Gasteiger partial charge in [0.05, 0.1) is 5.69 Å². The number of hydrogen-bond donors (Lipinski definition) is 2. The number of unbranched alkanes of at least 4 members (excludes halogenated alkanes) is 1. The van der Waals surface area contributed by atoms with E-state index >= 15 is 0 Å². The first-order valence-electron chi connectivity index (χ1n) is 11.6. The Labute approximate surface area is 178 Å². The maximum absolute atomic E-state index is 4.81. The number of guanidine groups is 1. The van der Waals surface area contributed by atoms with E-state index in [-0.39, 0.29) is 0 Å². The monoisotopic (exact) mass is 404 g/mol. The van der Waals surface area contributed by atoms with E-state index in [1.54, 1.807) is 0 Å². The van der Waals surface area contributed by atoms with Crippen LogP contribution < -0.4 is 10.6 Å². The van der Waals surface area contributed by atoms with Crippen molar-refractivity contribution in [2.75, 3.05) is 32.7 Å². The normalized spacial score (nSPS) is 22.0. The predicted octanol–water partition coefficient (Wildman–Crippen LogP) is 3.28. The molecule has 0 bridgehead atoms. The molecule has 1 fully saturated rings. The molecule has 0 spiro atoms. The van der Waals surface area contributed by atoms with Gasteiger partial charge in [-0.25, -0.2) is 0 Å². The first-order valence-corrected chi connectivity index (χ1v) is 11.6. The highest BCUT2D eigenvalue weighted by atomic mass is 15.3. The van der Waals surface area contributed by atoms with Gasteiger partial charge in [0.1, 0.15) is 0 Å². The molecule has 1 aromatic rings. The lowest BCUT2D eigenvalue weighted by molar-refractivity contribution is 0.139. The Kier molecular flexibility index (Phi) is 9.47. The van der Waals surface area contributed by atoms with Gasteiger partial charge < -0.3 is 15.5 Å². The number of aromatic nitrogens is 2. The molecule has 3 atom stereocenters. The fraction of sp³-hybridized carbons (Fsp3) is 0.826. The molecule has 0 saturated carbocycles. The number of rotatable bonds is 9. The van der Waals surface area contributed by atoms with Crippen LogP contribution in [0.4, 0.5) is 0 Å². The Morgan fingerprint density at radius 1 is 1.21 bits per heavy atom. The van der Waals surface area contributed by atoms with Crippen molar-refractivity contribution in [2.24, 2.45) is 23.9 Å². The summed E-state index contributed by atoms with van der Waals surface area (Å²) in [5, 5.41) is 11.5. The lowest BCUT2D eigenvalue weighted by Gasteiger charge is -2.34. The second-order valence-electron chi connectivity index (χ2n) is 9.20. The third-order valence-corrected chi connectivity index (χ3v) is 5.99. The van der Waals surface area contributed by atoms with Crippen LogP contribution in [0.2, 0.25) is 0 Å². The number of nitrogens with zero attached hydrogens (tertiary/aromatic N) is 4. The van der Waals surface area contributed by atoms with Gasteiger partial charge in [-0.3, -0.25) is 9.67 Å². The predicted molar refractivity (Wildman–Crippen MR) is 124 cm³/mol. The Balaban J connectivity index is 1.76. The molecule has 1 saturated heterocycles. The summed E-state index contributed by atoms with van der Waals surface area (Å²) in [6, 6.07) is 0.311. The van der Waals surface area contributed by atoms with Gasteiger partial charge in [-0.15, -0.1) is 0 Å². The molecule has 6 nitrogen and oxygen atoms in total. The summed E-state index contributed by atoms with van der Waals surface area (Å²) in [6.45, 7) is 18.9. The van der Waals surface area contributed by atoms with Gasteiger partial charge in [0, 0.05) is 45.0 Å². The molecule has 1 aliphatic rings. The zero-order valence-corrected chi connectivity index (χ0v) is 19.9. The number of likely N-dealkylation sites (tertiary alicyclic amines) is 1. The van der Waals surface area contributed by atoms with E-state index in [1.807, 2.05) is 11.7 Å². The van der Waals surface area contributed by atoms with Crippen molar-refractivity contribution < 1.29 is 0 Å².